The van der Waals surface area contributed by atoms with Gasteiger partial charge in [-0.3, -0.25) is 0 Å². The second-order valence-electron chi connectivity index (χ2n) is 6.02. The first-order chi connectivity index (χ1) is 13.1. The van der Waals surface area contributed by atoms with Gasteiger partial charge in [0.15, 0.2) is 0 Å². The maximum atomic E-state index is 5.76. The van der Waals surface area contributed by atoms with Gasteiger partial charge in [-0.05, 0) is 54.0 Å². The Bertz CT molecular complexity index is 1070. The minimum Gasteiger partial charge on any atom is -0.420 e. The van der Waals surface area contributed by atoms with E-state index in [-0.39, 0.29) is 0 Å². The third-order valence-corrected chi connectivity index (χ3v) is 5.26. The summed E-state index contributed by atoms with van der Waals surface area (Å²) in [6, 6.07) is 13.9. The summed E-state index contributed by atoms with van der Waals surface area (Å²) in [6.07, 6.45) is 0. The molecule has 4 aromatic rings. The lowest BCUT2D eigenvalue weighted by molar-refractivity contribution is 0.464. The Balaban J connectivity index is 1.46. The molecule has 0 aliphatic heterocycles. The predicted molar refractivity (Wildman–Crippen MR) is 106 cm³/mol. The Labute approximate surface area is 168 Å². The van der Waals surface area contributed by atoms with Gasteiger partial charge >= 0.3 is 0 Å². The summed E-state index contributed by atoms with van der Waals surface area (Å²) in [5.74, 6) is 1.92. The van der Waals surface area contributed by atoms with Gasteiger partial charge in [0.2, 0.25) is 17.7 Å². The molecular weight excluding hydrogens is 428 g/mol. The monoisotopic (exact) mass is 442 g/mol. The molecule has 0 aliphatic rings. The van der Waals surface area contributed by atoms with E-state index in [4.69, 9.17) is 8.83 Å². The normalized spacial score (nSPS) is 11.1. The van der Waals surface area contributed by atoms with Crippen LogP contribution >= 0.6 is 27.7 Å². The number of halogens is 1. The molecule has 8 heteroatoms. The Morgan fingerprint density at radius 1 is 0.889 bits per heavy atom. The van der Waals surface area contributed by atoms with E-state index in [1.807, 2.05) is 50.2 Å². The number of nitrogens with zero attached hydrogens (tertiary/aromatic N) is 4. The third kappa shape index (κ3) is 4.12. The molecule has 0 N–H and O–H groups in total. The average molecular weight is 443 g/mol. The lowest BCUT2D eigenvalue weighted by Gasteiger charge is -2.00. The van der Waals surface area contributed by atoms with Crippen molar-refractivity contribution in [1.29, 1.82) is 0 Å². The molecule has 2 aromatic heterocycles. The van der Waals surface area contributed by atoms with Crippen molar-refractivity contribution in [3.8, 4) is 22.9 Å². The van der Waals surface area contributed by atoms with Crippen LogP contribution in [0.25, 0.3) is 22.9 Å². The smallest absolute Gasteiger partial charge is 0.277 e. The molecular formula is C19H15BrN4O2S. The van der Waals surface area contributed by atoms with Crippen LogP contribution in [0.15, 0.2) is 61.0 Å². The van der Waals surface area contributed by atoms with Crippen molar-refractivity contribution >= 4 is 27.7 Å². The molecule has 4 rings (SSSR count). The highest BCUT2D eigenvalue weighted by atomic mass is 79.9. The average Bonchev–Trinajstić information content (AvgIpc) is 3.29. The molecule has 0 spiro atoms. The van der Waals surface area contributed by atoms with E-state index in [9.17, 15) is 0 Å². The molecule has 0 unspecified atom stereocenters. The molecule has 0 fully saturated rings. The van der Waals surface area contributed by atoms with E-state index in [0.29, 0.717) is 28.6 Å². The number of aromatic nitrogens is 4. The van der Waals surface area contributed by atoms with Crippen LogP contribution in [0, 0.1) is 13.8 Å². The summed E-state index contributed by atoms with van der Waals surface area (Å²) < 4.78 is 12.4. The second kappa shape index (κ2) is 7.66. The molecule has 2 aromatic carbocycles. The van der Waals surface area contributed by atoms with E-state index in [1.165, 1.54) is 11.8 Å². The third-order valence-electron chi connectivity index (χ3n) is 3.77. The van der Waals surface area contributed by atoms with Gasteiger partial charge in [0.1, 0.15) is 0 Å². The number of hydrogen-bond donors (Lipinski definition) is 0. The fraction of sp³-hybridized carbons (Fsp3) is 0.158. The van der Waals surface area contributed by atoms with Crippen LogP contribution in [-0.2, 0) is 5.75 Å². The first-order valence-corrected chi connectivity index (χ1v) is 9.98. The Morgan fingerprint density at radius 2 is 1.63 bits per heavy atom. The zero-order valence-electron chi connectivity index (χ0n) is 14.6. The topological polar surface area (TPSA) is 77.8 Å². The van der Waals surface area contributed by atoms with Crippen molar-refractivity contribution in [1.82, 2.24) is 20.4 Å². The summed E-state index contributed by atoms with van der Waals surface area (Å²) in [5.41, 5.74) is 4.09. The van der Waals surface area contributed by atoms with Crippen LogP contribution in [0.3, 0.4) is 0 Å². The SMILES string of the molecule is Cc1cc(C)cc(-c2nnc(SCc3nnc(-c4ccccc4Br)o3)o2)c1. The van der Waals surface area contributed by atoms with Crippen molar-refractivity contribution in [3.05, 3.63) is 64.0 Å². The van der Waals surface area contributed by atoms with Gasteiger partial charge in [0, 0.05) is 10.0 Å². The van der Waals surface area contributed by atoms with E-state index in [2.05, 4.69) is 42.4 Å². The molecule has 136 valence electrons. The molecule has 0 aliphatic carbocycles. The Morgan fingerprint density at radius 3 is 2.41 bits per heavy atom. The van der Waals surface area contributed by atoms with Crippen LogP contribution < -0.4 is 0 Å². The molecule has 2 heterocycles. The molecule has 27 heavy (non-hydrogen) atoms. The number of hydrogen-bond acceptors (Lipinski definition) is 7. The maximum Gasteiger partial charge on any atom is 0.277 e. The van der Waals surface area contributed by atoms with Crippen LogP contribution in [0.2, 0.25) is 0 Å². The molecule has 0 saturated carbocycles. The largest absolute Gasteiger partial charge is 0.420 e. The van der Waals surface area contributed by atoms with Crippen molar-refractivity contribution in [2.24, 2.45) is 0 Å². The van der Waals surface area contributed by atoms with Crippen LogP contribution in [0.4, 0.5) is 0 Å². The number of benzene rings is 2. The summed E-state index contributed by atoms with van der Waals surface area (Å²) in [4.78, 5) is 0. The molecule has 0 atom stereocenters. The zero-order valence-corrected chi connectivity index (χ0v) is 17.0. The highest BCUT2D eigenvalue weighted by molar-refractivity contribution is 9.10. The lowest BCUT2D eigenvalue weighted by atomic mass is 10.1. The van der Waals surface area contributed by atoms with Crippen LogP contribution in [0.5, 0.6) is 0 Å². The maximum absolute atomic E-state index is 5.76. The fourth-order valence-corrected chi connectivity index (χ4v) is 3.72. The van der Waals surface area contributed by atoms with Gasteiger partial charge in [0.05, 0.1) is 11.3 Å². The van der Waals surface area contributed by atoms with Gasteiger partial charge < -0.3 is 8.83 Å². The highest BCUT2D eigenvalue weighted by Crippen LogP contribution is 2.29. The molecule has 0 bridgehead atoms. The number of thioether (sulfide) groups is 1. The van der Waals surface area contributed by atoms with Gasteiger partial charge in [-0.1, -0.05) is 41.1 Å². The summed E-state index contributed by atoms with van der Waals surface area (Å²) in [7, 11) is 0. The first kappa shape index (κ1) is 17.9. The minimum absolute atomic E-state index is 0.450. The highest BCUT2D eigenvalue weighted by Gasteiger charge is 2.14. The zero-order chi connectivity index (χ0) is 18.8. The van der Waals surface area contributed by atoms with Crippen molar-refractivity contribution in [3.63, 3.8) is 0 Å². The second-order valence-corrected chi connectivity index (χ2v) is 7.80. The lowest BCUT2D eigenvalue weighted by Crippen LogP contribution is -1.82. The van der Waals surface area contributed by atoms with Gasteiger partial charge in [-0.15, -0.1) is 20.4 Å². The van der Waals surface area contributed by atoms with Gasteiger partial charge in [0.25, 0.3) is 5.22 Å². The molecule has 0 saturated heterocycles. The van der Waals surface area contributed by atoms with E-state index in [1.54, 1.807) is 0 Å². The van der Waals surface area contributed by atoms with Crippen LogP contribution in [0.1, 0.15) is 17.0 Å². The predicted octanol–water partition coefficient (Wildman–Crippen LogP) is 5.46. The van der Waals surface area contributed by atoms with Crippen molar-refractivity contribution < 1.29 is 8.83 Å². The quantitative estimate of drug-likeness (QED) is 0.379. The van der Waals surface area contributed by atoms with Gasteiger partial charge in [-0.2, -0.15) is 0 Å². The Kier molecular flexibility index (Phi) is 5.09. The standard InChI is InChI=1S/C19H15BrN4O2S/c1-11-7-12(2)9-13(8-11)17-22-24-19(26-17)27-10-16-21-23-18(25-16)14-5-3-4-6-15(14)20/h3-9H,10H2,1-2H3. The molecule has 6 nitrogen and oxygen atoms in total. The van der Waals surface area contributed by atoms with E-state index < -0.39 is 0 Å². The minimum atomic E-state index is 0.450. The summed E-state index contributed by atoms with van der Waals surface area (Å²) in [6.45, 7) is 4.08. The fourth-order valence-electron chi connectivity index (χ4n) is 2.66. The van der Waals surface area contributed by atoms with Crippen molar-refractivity contribution in [2.75, 3.05) is 0 Å². The molecule has 0 radical (unpaired) electrons. The number of aryl methyl sites for hydroxylation is 2. The van der Waals surface area contributed by atoms with Crippen molar-refractivity contribution in [2.45, 2.75) is 24.8 Å². The van der Waals surface area contributed by atoms with E-state index in [0.717, 1.165) is 26.7 Å². The Hall–Kier alpha value is -2.45. The summed E-state index contributed by atoms with van der Waals surface area (Å²) >= 11 is 4.85. The first-order valence-electron chi connectivity index (χ1n) is 8.21. The molecule has 0 amide bonds. The van der Waals surface area contributed by atoms with Gasteiger partial charge in [-0.25, -0.2) is 0 Å². The number of rotatable bonds is 5. The summed E-state index contributed by atoms with van der Waals surface area (Å²) in [5, 5.41) is 16.9. The van der Waals surface area contributed by atoms with E-state index >= 15 is 0 Å². The van der Waals surface area contributed by atoms with Crippen LogP contribution in [-0.4, -0.2) is 20.4 Å².